The van der Waals surface area contributed by atoms with Crippen molar-refractivity contribution in [3.05, 3.63) is 47.2 Å². The number of ether oxygens (including phenoxy) is 1. The van der Waals surface area contributed by atoms with Crippen LogP contribution in [0.5, 0.6) is 0 Å². The van der Waals surface area contributed by atoms with E-state index < -0.39 is 35.1 Å². The summed E-state index contributed by atoms with van der Waals surface area (Å²) < 4.78 is 33.5. The maximum Gasteiger partial charge on any atom is 0.321 e. The second kappa shape index (κ2) is 10.6. The molecule has 0 aliphatic heterocycles. The van der Waals surface area contributed by atoms with E-state index in [1.807, 2.05) is 18.4 Å². The Bertz CT molecular complexity index is 1160. The summed E-state index contributed by atoms with van der Waals surface area (Å²) in [6, 6.07) is 9.99. The van der Waals surface area contributed by atoms with Crippen molar-refractivity contribution < 1.29 is 22.7 Å². The summed E-state index contributed by atoms with van der Waals surface area (Å²) >= 11 is 0. The molecule has 1 aromatic heterocycles. The molecule has 1 aliphatic carbocycles. The maximum atomic E-state index is 12.5. The van der Waals surface area contributed by atoms with Crippen molar-refractivity contribution in [2.24, 2.45) is 0 Å². The molecule has 2 aromatic rings. The van der Waals surface area contributed by atoms with Crippen LogP contribution in [0.3, 0.4) is 0 Å². The maximum absolute atomic E-state index is 12.5. The Hall–Kier alpha value is -3.16. The van der Waals surface area contributed by atoms with E-state index in [1.54, 1.807) is 18.2 Å². The minimum atomic E-state index is -3.86. The van der Waals surface area contributed by atoms with Crippen LogP contribution in [0.15, 0.2) is 35.2 Å². The van der Waals surface area contributed by atoms with E-state index in [2.05, 4.69) is 16.1 Å². The molecule has 176 valence electrons. The molecule has 2 N–H and O–H groups in total. The number of rotatable bonds is 8. The van der Waals surface area contributed by atoms with E-state index in [-0.39, 0.29) is 10.9 Å². The molecule has 33 heavy (non-hydrogen) atoms. The summed E-state index contributed by atoms with van der Waals surface area (Å²) in [7, 11) is -3.86. The van der Waals surface area contributed by atoms with E-state index in [0.717, 1.165) is 36.9 Å². The van der Waals surface area contributed by atoms with E-state index in [9.17, 15) is 23.3 Å². The van der Waals surface area contributed by atoms with Gasteiger partial charge in [-0.2, -0.15) is 9.98 Å². The number of hydrogen-bond acceptors (Lipinski definition) is 6. The highest BCUT2D eigenvalue weighted by Gasteiger charge is 2.26. The van der Waals surface area contributed by atoms with Crippen molar-refractivity contribution in [3.63, 3.8) is 0 Å². The number of benzene rings is 1. The highest BCUT2D eigenvalue weighted by atomic mass is 32.2. The van der Waals surface area contributed by atoms with Crippen molar-refractivity contribution in [2.75, 3.05) is 18.5 Å². The summed E-state index contributed by atoms with van der Waals surface area (Å²) in [5.41, 5.74) is 2.14. The molecule has 1 fully saturated rings. The van der Waals surface area contributed by atoms with Gasteiger partial charge < -0.3 is 14.6 Å². The number of nitrogens with zero attached hydrogens (tertiary/aromatic N) is 2. The average Bonchev–Trinajstić information content (AvgIpc) is 3.06. The standard InChI is InChI=1S/C23H28N4O5S/c1-16-17(2)27(18-9-5-3-6-10-18)23(20(16)13-24)26-21(28)15-32-22(29)14-25-33(30,31)19-11-7-4-8-12-19/h4,7-8,11-12,18,25H,3,5-6,9-10,14-15H2,1-2H3,(H,26,28). The van der Waals surface area contributed by atoms with Crippen LogP contribution >= 0.6 is 0 Å². The van der Waals surface area contributed by atoms with E-state index >= 15 is 0 Å². The van der Waals surface area contributed by atoms with Gasteiger partial charge in [-0.1, -0.05) is 37.5 Å². The molecular weight excluding hydrogens is 444 g/mol. The smallest absolute Gasteiger partial charge is 0.321 e. The number of esters is 1. The topological polar surface area (TPSA) is 130 Å². The first-order chi connectivity index (χ1) is 15.7. The number of carbonyl (C=O) groups excluding carboxylic acids is 2. The summed E-state index contributed by atoms with van der Waals surface area (Å²) in [4.78, 5) is 24.5. The second-order valence-corrected chi connectivity index (χ2v) is 9.82. The zero-order valence-corrected chi connectivity index (χ0v) is 19.6. The zero-order valence-electron chi connectivity index (χ0n) is 18.8. The van der Waals surface area contributed by atoms with Gasteiger partial charge in [-0.3, -0.25) is 9.59 Å². The lowest BCUT2D eigenvalue weighted by Gasteiger charge is -2.27. The van der Waals surface area contributed by atoms with Crippen LogP contribution in [-0.2, 0) is 24.3 Å². The molecule has 1 aromatic carbocycles. The number of carbonyl (C=O) groups is 2. The van der Waals surface area contributed by atoms with Crippen LogP contribution < -0.4 is 10.0 Å². The van der Waals surface area contributed by atoms with Crippen molar-refractivity contribution in [1.29, 1.82) is 5.26 Å². The third-order valence-corrected chi connectivity index (χ3v) is 7.31. The van der Waals surface area contributed by atoms with Crippen LogP contribution in [-0.4, -0.2) is 38.0 Å². The molecular formula is C23H28N4O5S. The first kappa shape index (κ1) is 24.5. The van der Waals surface area contributed by atoms with Gasteiger partial charge in [0.1, 0.15) is 18.4 Å². The van der Waals surface area contributed by atoms with Crippen LogP contribution in [0.1, 0.15) is 55.0 Å². The number of sulfonamides is 1. The highest BCUT2D eigenvalue weighted by molar-refractivity contribution is 7.89. The minimum absolute atomic E-state index is 0.0220. The number of amides is 1. The third-order valence-electron chi connectivity index (χ3n) is 5.89. The largest absolute Gasteiger partial charge is 0.455 e. The molecule has 1 heterocycles. The van der Waals surface area contributed by atoms with Crippen molar-refractivity contribution >= 4 is 27.7 Å². The quantitative estimate of drug-likeness (QED) is 0.568. The van der Waals surface area contributed by atoms with E-state index in [0.29, 0.717) is 11.4 Å². The highest BCUT2D eigenvalue weighted by Crippen LogP contribution is 2.36. The Morgan fingerprint density at radius 1 is 1.15 bits per heavy atom. The summed E-state index contributed by atoms with van der Waals surface area (Å²) in [5.74, 6) is -1.06. The van der Waals surface area contributed by atoms with Gasteiger partial charge in [-0.15, -0.1) is 0 Å². The number of hydrogen-bond donors (Lipinski definition) is 2. The lowest BCUT2D eigenvalue weighted by Crippen LogP contribution is -2.32. The lowest BCUT2D eigenvalue weighted by molar-refractivity contribution is -0.146. The number of anilines is 1. The molecule has 1 amide bonds. The van der Waals surface area contributed by atoms with Crippen molar-refractivity contribution in [1.82, 2.24) is 9.29 Å². The van der Waals surface area contributed by atoms with Crippen molar-refractivity contribution in [2.45, 2.75) is 56.9 Å². The molecule has 1 aliphatic rings. The zero-order chi connectivity index (χ0) is 24.0. The molecule has 1 saturated carbocycles. The molecule has 0 atom stereocenters. The number of nitrogens with one attached hydrogen (secondary N) is 2. The molecule has 9 nitrogen and oxygen atoms in total. The van der Waals surface area contributed by atoms with Gasteiger partial charge in [0, 0.05) is 11.7 Å². The fraction of sp³-hybridized carbons (Fsp3) is 0.435. The fourth-order valence-corrected chi connectivity index (χ4v) is 5.07. The molecule has 0 bridgehead atoms. The van der Waals surface area contributed by atoms with Crippen LogP contribution in [0.2, 0.25) is 0 Å². The van der Waals surface area contributed by atoms with Crippen LogP contribution in [0, 0.1) is 25.2 Å². The monoisotopic (exact) mass is 472 g/mol. The molecule has 3 rings (SSSR count). The molecule has 0 spiro atoms. The molecule has 0 unspecified atom stereocenters. The predicted molar refractivity (Wildman–Crippen MR) is 122 cm³/mol. The normalized spacial score (nSPS) is 14.5. The van der Waals surface area contributed by atoms with Gasteiger partial charge in [0.15, 0.2) is 6.61 Å². The van der Waals surface area contributed by atoms with Gasteiger partial charge in [-0.25, -0.2) is 8.42 Å². The predicted octanol–water partition coefficient (Wildman–Crippen LogP) is 2.94. The Kier molecular flexibility index (Phi) is 7.89. The first-order valence-corrected chi connectivity index (χ1v) is 12.3. The molecule has 0 radical (unpaired) electrons. The minimum Gasteiger partial charge on any atom is -0.455 e. The van der Waals surface area contributed by atoms with Crippen LogP contribution in [0.25, 0.3) is 0 Å². The Labute approximate surface area is 193 Å². The van der Waals surface area contributed by atoms with E-state index in [4.69, 9.17) is 4.74 Å². The lowest BCUT2D eigenvalue weighted by atomic mass is 9.95. The second-order valence-electron chi connectivity index (χ2n) is 8.05. The van der Waals surface area contributed by atoms with Gasteiger partial charge in [0.2, 0.25) is 10.0 Å². The van der Waals surface area contributed by atoms with Crippen LogP contribution in [0.4, 0.5) is 5.82 Å². The fourth-order valence-electron chi connectivity index (χ4n) is 4.08. The molecule has 0 saturated heterocycles. The van der Waals surface area contributed by atoms with Gasteiger partial charge in [0.05, 0.1) is 10.5 Å². The first-order valence-electron chi connectivity index (χ1n) is 10.9. The van der Waals surface area contributed by atoms with Gasteiger partial charge >= 0.3 is 5.97 Å². The Morgan fingerprint density at radius 2 is 1.82 bits per heavy atom. The van der Waals surface area contributed by atoms with Crippen molar-refractivity contribution in [3.8, 4) is 6.07 Å². The SMILES string of the molecule is Cc1c(C#N)c(NC(=O)COC(=O)CNS(=O)(=O)c2ccccc2)n(C2CCCCC2)c1C. The average molecular weight is 473 g/mol. The Balaban J connectivity index is 1.61. The Morgan fingerprint density at radius 3 is 2.45 bits per heavy atom. The van der Waals surface area contributed by atoms with E-state index in [1.165, 1.54) is 18.6 Å². The van der Waals surface area contributed by atoms with Gasteiger partial charge in [-0.05, 0) is 44.4 Å². The summed E-state index contributed by atoms with van der Waals surface area (Å²) in [5, 5.41) is 12.4. The summed E-state index contributed by atoms with van der Waals surface area (Å²) in [6.45, 7) is 2.58. The summed E-state index contributed by atoms with van der Waals surface area (Å²) in [6.07, 6.45) is 5.30. The third kappa shape index (κ3) is 5.80. The number of aromatic nitrogens is 1. The van der Waals surface area contributed by atoms with Gasteiger partial charge in [0.25, 0.3) is 5.91 Å². The number of nitriles is 1. The molecule has 10 heteroatoms.